The second-order valence-electron chi connectivity index (χ2n) is 7.53. The maximum Gasteiger partial charge on any atom is 0.308 e. The van der Waals surface area contributed by atoms with Crippen LogP contribution in [0.4, 0.5) is 0 Å². The first-order chi connectivity index (χ1) is 11.2. The predicted molar refractivity (Wildman–Crippen MR) is 85.6 cm³/mol. The minimum Gasteiger partial charge on any atom is -0.456 e. The van der Waals surface area contributed by atoms with Crippen LogP contribution in [0.2, 0.25) is 0 Å². The Morgan fingerprint density at radius 2 is 1.67 bits per heavy atom. The number of fused-ring (bicyclic) bond motifs is 1. The summed E-state index contributed by atoms with van der Waals surface area (Å²) in [6, 6.07) is 0. The summed E-state index contributed by atoms with van der Waals surface area (Å²) in [5.74, 6) is -1.71. The summed E-state index contributed by atoms with van der Waals surface area (Å²) >= 11 is 0. The molecule has 7 nitrogen and oxygen atoms in total. The molecule has 1 aliphatic carbocycles. The van der Waals surface area contributed by atoms with Gasteiger partial charge in [-0.3, -0.25) is 24.1 Å². The van der Waals surface area contributed by atoms with Gasteiger partial charge in [0.25, 0.3) is 5.91 Å². The molecule has 1 saturated heterocycles. The molecule has 2 atom stereocenters. The zero-order chi connectivity index (χ0) is 17.9. The highest BCUT2D eigenvalue weighted by molar-refractivity contribution is 6.05. The largest absolute Gasteiger partial charge is 0.456 e. The Bertz CT molecular complexity index is 514. The predicted octanol–water partition coefficient (Wildman–Crippen LogP) is 1.01. The summed E-state index contributed by atoms with van der Waals surface area (Å²) in [7, 11) is 0. The van der Waals surface area contributed by atoms with Gasteiger partial charge in [-0.2, -0.15) is 0 Å². The normalized spacial score (nSPS) is 23.9. The molecular formula is C17H26N2O5. The van der Waals surface area contributed by atoms with Gasteiger partial charge in [-0.1, -0.05) is 12.8 Å². The number of ether oxygens (including phenoxy) is 1. The number of carbonyl (C=O) groups is 4. The van der Waals surface area contributed by atoms with Crippen molar-refractivity contribution in [3.05, 3.63) is 0 Å². The summed E-state index contributed by atoms with van der Waals surface area (Å²) in [5.41, 5.74) is -0.395. The van der Waals surface area contributed by atoms with Crippen LogP contribution in [0.25, 0.3) is 0 Å². The van der Waals surface area contributed by atoms with Gasteiger partial charge in [-0.15, -0.1) is 0 Å². The lowest BCUT2D eigenvalue weighted by Crippen LogP contribution is -2.43. The highest BCUT2D eigenvalue weighted by Crippen LogP contribution is 2.37. The van der Waals surface area contributed by atoms with Gasteiger partial charge in [0.1, 0.15) is 0 Å². The average Bonchev–Trinajstić information content (AvgIpc) is 2.74. The van der Waals surface area contributed by atoms with E-state index in [1.54, 1.807) is 0 Å². The van der Waals surface area contributed by atoms with E-state index in [9.17, 15) is 19.2 Å². The zero-order valence-corrected chi connectivity index (χ0v) is 14.6. The van der Waals surface area contributed by atoms with Crippen molar-refractivity contribution < 1.29 is 23.9 Å². The van der Waals surface area contributed by atoms with Gasteiger partial charge in [0, 0.05) is 12.1 Å². The number of hydrogen-bond acceptors (Lipinski definition) is 5. The number of nitrogens with one attached hydrogen (secondary N) is 1. The van der Waals surface area contributed by atoms with Crippen LogP contribution in [0.5, 0.6) is 0 Å². The number of rotatable bonds is 5. The Kier molecular flexibility index (Phi) is 5.62. The van der Waals surface area contributed by atoms with Gasteiger partial charge in [0.05, 0.1) is 18.3 Å². The average molecular weight is 338 g/mol. The fourth-order valence-electron chi connectivity index (χ4n) is 3.33. The summed E-state index contributed by atoms with van der Waals surface area (Å²) in [5, 5.41) is 2.68. The van der Waals surface area contributed by atoms with Crippen molar-refractivity contribution in [3.8, 4) is 0 Å². The van der Waals surface area contributed by atoms with Gasteiger partial charge < -0.3 is 10.1 Å². The number of nitrogens with zero attached hydrogens (tertiary/aromatic N) is 1. The molecule has 2 aliphatic rings. The molecule has 0 spiro atoms. The number of amides is 3. The lowest BCUT2D eigenvalue weighted by Gasteiger charge is -2.20. The van der Waals surface area contributed by atoms with E-state index >= 15 is 0 Å². The van der Waals surface area contributed by atoms with E-state index in [1.165, 1.54) is 4.90 Å². The minimum absolute atomic E-state index is 0.0321. The molecule has 24 heavy (non-hydrogen) atoms. The summed E-state index contributed by atoms with van der Waals surface area (Å²) < 4.78 is 4.90. The smallest absolute Gasteiger partial charge is 0.308 e. The molecule has 1 aliphatic heterocycles. The Labute approximate surface area is 142 Å². The third-order valence-electron chi connectivity index (χ3n) is 4.35. The fraction of sp³-hybridized carbons (Fsp3) is 0.765. The zero-order valence-electron chi connectivity index (χ0n) is 14.6. The van der Waals surface area contributed by atoms with Crippen LogP contribution in [-0.2, 0) is 23.9 Å². The third kappa shape index (κ3) is 4.55. The van der Waals surface area contributed by atoms with E-state index in [0.29, 0.717) is 0 Å². The van der Waals surface area contributed by atoms with Gasteiger partial charge in [-0.05, 0) is 33.6 Å². The first-order valence-electron chi connectivity index (χ1n) is 8.51. The Balaban J connectivity index is 1.76. The van der Waals surface area contributed by atoms with Crippen LogP contribution in [0.15, 0.2) is 0 Å². The lowest BCUT2D eigenvalue weighted by atomic mass is 9.81. The molecule has 2 fully saturated rings. The molecule has 1 N–H and O–H groups in total. The van der Waals surface area contributed by atoms with Gasteiger partial charge in [-0.25, -0.2) is 0 Å². The minimum atomic E-state index is -0.588. The molecule has 0 unspecified atom stereocenters. The van der Waals surface area contributed by atoms with Crippen molar-refractivity contribution >= 4 is 23.7 Å². The first-order valence-corrected chi connectivity index (χ1v) is 8.51. The molecule has 0 radical (unpaired) electrons. The monoisotopic (exact) mass is 338 g/mol. The van der Waals surface area contributed by atoms with Crippen molar-refractivity contribution in [2.75, 3.05) is 13.2 Å². The third-order valence-corrected chi connectivity index (χ3v) is 4.35. The van der Waals surface area contributed by atoms with E-state index in [-0.39, 0.29) is 49.1 Å². The Hall–Kier alpha value is -1.92. The molecule has 0 aromatic heterocycles. The van der Waals surface area contributed by atoms with Crippen LogP contribution < -0.4 is 5.32 Å². The highest BCUT2D eigenvalue weighted by Gasteiger charge is 2.47. The van der Waals surface area contributed by atoms with E-state index in [2.05, 4.69) is 5.32 Å². The molecule has 1 heterocycles. The van der Waals surface area contributed by atoms with Gasteiger partial charge in [0.2, 0.25) is 11.8 Å². The number of imide groups is 1. The molecular weight excluding hydrogens is 312 g/mol. The van der Waals surface area contributed by atoms with E-state index in [0.717, 1.165) is 25.7 Å². The second-order valence-corrected chi connectivity index (χ2v) is 7.53. The summed E-state index contributed by atoms with van der Waals surface area (Å²) in [6.45, 7) is 5.16. The maximum atomic E-state index is 12.3. The van der Waals surface area contributed by atoms with Crippen LogP contribution >= 0.6 is 0 Å². The van der Waals surface area contributed by atoms with Crippen LogP contribution in [0, 0.1) is 11.8 Å². The van der Waals surface area contributed by atoms with Gasteiger partial charge >= 0.3 is 5.97 Å². The molecule has 3 amide bonds. The second kappa shape index (κ2) is 7.32. The van der Waals surface area contributed by atoms with Crippen molar-refractivity contribution in [1.82, 2.24) is 10.2 Å². The highest BCUT2D eigenvalue weighted by atomic mass is 16.5. The number of esters is 1. The van der Waals surface area contributed by atoms with E-state index in [4.69, 9.17) is 4.74 Å². The molecule has 0 aromatic carbocycles. The summed E-state index contributed by atoms with van der Waals surface area (Å²) in [6.07, 6.45) is 3.37. The topological polar surface area (TPSA) is 92.8 Å². The Morgan fingerprint density at radius 3 is 2.17 bits per heavy atom. The fourth-order valence-corrected chi connectivity index (χ4v) is 3.33. The van der Waals surface area contributed by atoms with Gasteiger partial charge in [0.15, 0.2) is 6.61 Å². The SMILES string of the molecule is CC(C)(C)NC(=O)COC(=O)CCN1C(=O)[C@H]2CCCC[C@@H]2C1=O. The molecule has 1 saturated carbocycles. The molecule has 7 heteroatoms. The molecule has 2 rings (SSSR count). The van der Waals surface area contributed by atoms with Crippen molar-refractivity contribution in [2.24, 2.45) is 11.8 Å². The van der Waals surface area contributed by atoms with Crippen molar-refractivity contribution in [1.29, 1.82) is 0 Å². The standard InChI is InChI=1S/C17H26N2O5/c1-17(2,3)18-13(20)10-24-14(21)8-9-19-15(22)11-6-4-5-7-12(11)16(19)23/h11-12H,4-10H2,1-3H3,(H,18,20)/t11-,12-/m0/s1. The number of likely N-dealkylation sites (tertiary alicyclic amines) is 1. The number of carbonyl (C=O) groups excluding carboxylic acids is 4. The molecule has 0 aromatic rings. The summed E-state index contributed by atoms with van der Waals surface area (Å²) in [4.78, 5) is 49.1. The number of hydrogen-bond donors (Lipinski definition) is 1. The maximum absolute atomic E-state index is 12.3. The van der Waals surface area contributed by atoms with Crippen LogP contribution in [0.3, 0.4) is 0 Å². The Morgan fingerprint density at radius 1 is 1.12 bits per heavy atom. The first kappa shape index (κ1) is 18.4. The van der Waals surface area contributed by atoms with Crippen LogP contribution in [-0.4, -0.2) is 47.3 Å². The van der Waals surface area contributed by atoms with Crippen molar-refractivity contribution in [3.63, 3.8) is 0 Å². The van der Waals surface area contributed by atoms with Crippen molar-refractivity contribution in [2.45, 2.75) is 58.4 Å². The lowest BCUT2D eigenvalue weighted by molar-refractivity contribution is -0.150. The van der Waals surface area contributed by atoms with Crippen LogP contribution in [0.1, 0.15) is 52.9 Å². The quantitative estimate of drug-likeness (QED) is 0.596. The molecule has 0 bridgehead atoms. The van der Waals surface area contributed by atoms with E-state index < -0.39 is 11.5 Å². The molecule has 134 valence electrons. The van der Waals surface area contributed by atoms with E-state index in [1.807, 2.05) is 20.8 Å².